The molecular weight excluding hydrogens is 566 g/mol. The Morgan fingerprint density at radius 2 is 1.79 bits per heavy atom. The van der Waals surface area contributed by atoms with Crippen LogP contribution in [0.3, 0.4) is 0 Å². The van der Waals surface area contributed by atoms with E-state index in [2.05, 4.69) is 10.3 Å². The normalized spacial score (nSPS) is 15.6. The SMILES string of the molecule is CCOC(=O)N1CCN(C(=O)C(CCC(=O)O)NC(=O)c2cc(OCC(=O)N3CCOC3=O)c3ccc(C)cc3n2)CC1. The van der Waals surface area contributed by atoms with Crippen LogP contribution in [0.1, 0.15) is 35.8 Å². The fourth-order valence-corrected chi connectivity index (χ4v) is 4.68. The molecule has 2 saturated heterocycles. The second-order valence-corrected chi connectivity index (χ2v) is 9.94. The molecular formula is C28H33N5O10. The number of piperazine rings is 1. The number of nitrogens with one attached hydrogen (secondary N) is 1. The summed E-state index contributed by atoms with van der Waals surface area (Å²) in [6.07, 6.45) is -1.79. The van der Waals surface area contributed by atoms with Gasteiger partial charge in [-0.25, -0.2) is 19.5 Å². The van der Waals surface area contributed by atoms with Crippen molar-refractivity contribution in [2.45, 2.75) is 32.7 Å². The van der Waals surface area contributed by atoms with Gasteiger partial charge in [-0.15, -0.1) is 0 Å². The molecule has 43 heavy (non-hydrogen) atoms. The van der Waals surface area contributed by atoms with Crippen molar-refractivity contribution >= 4 is 46.8 Å². The molecule has 0 aliphatic carbocycles. The average Bonchev–Trinajstić information content (AvgIpc) is 3.42. The molecule has 0 bridgehead atoms. The Balaban J connectivity index is 1.52. The Morgan fingerprint density at radius 3 is 2.44 bits per heavy atom. The molecule has 2 N–H and O–H groups in total. The molecule has 1 aromatic heterocycles. The molecule has 1 aromatic carbocycles. The number of hydrogen-bond donors (Lipinski definition) is 2. The molecule has 0 spiro atoms. The van der Waals surface area contributed by atoms with Crippen LogP contribution in [0.25, 0.3) is 10.9 Å². The van der Waals surface area contributed by atoms with Crippen LogP contribution in [0.4, 0.5) is 9.59 Å². The van der Waals surface area contributed by atoms with Crippen molar-refractivity contribution in [3.8, 4) is 5.75 Å². The van der Waals surface area contributed by atoms with Crippen LogP contribution in [0.5, 0.6) is 5.75 Å². The molecule has 0 saturated carbocycles. The van der Waals surface area contributed by atoms with Crippen molar-refractivity contribution in [3.05, 3.63) is 35.5 Å². The smallest absolute Gasteiger partial charge is 0.416 e. The largest absolute Gasteiger partial charge is 0.483 e. The number of pyridine rings is 1. The van der Waals surface area contributed by atoms with Crippen molar-refractivity contribution in [3.63, 3.8) is 0 Å². The van der Waals surface area contributed by atoms with Crippen molar-refractivity contribution in [2.24, 2.45) is 0 Å². The number of fused-ring (bicyclic) bond motifs is 1. The van der Waals surface area contributed by atoms with Gasteiger partial charge in [0, 0.05) is 44.1 Å². The number of carboxylic acid groups (broad SMARTS) is 1. The third kappa shape index (κ3) is 7.67. The van der Waals surface area contributed by atoms with Crippen molar-refractivity contribution in [1.82, 2.24) is 25.0 Å². The number of amides is 5. The topological polar surface area (TPSA) is 185 Å². The number of aliphatic carboxylic acids is 1. The molecule has 2 fully saturated rings. The van der Waals surface area contributed by atoms with E-state index < -0.39 is 48.5 Å². The van der Waals surface area contributed by atoms with Gasteiger partial charge in [-0.05, 0) is 38.0 Å². The molecule has 4 rings (SSSR count). The minimum Gasteiger partial charge on any atom is -0.483 e. The summed E-state index contributed by atoms with van der Waals surface area (Å²) in [6.45, 7) is 4.26. The number of hydrogen-bond acceptors (Lipinski definition) is 10. The number of carbonyl (C=O) groups excluding carboxylic acids is 5. The number of ether oxygens (including phenoxy) is 3. The number of aromatic nitrogens is 1. The third-order valence-electron chi connectivity index (χ3n) is 6.94. The highest BCUT2D eigenvalue weighted by Gasteiger charge is 2.32. The van der Waals surface area contributed by atoms with Crippen LogP contribution < -0.4 is 10.1 Å². The summed E-state index contributed by atoms with van der Waals surface area (Å²) in [5.41, 5.74) is 1.11. The monoisotopic (exact) mass is 599 g/mol. The molecule has 230 valence electrons. The van der Waals surface area contributed by atoms with Gasteiger partial charge in [-0.1, -0.05) is 6.07 Å². The second kappa shape index (κ2) is 13.8. The Labute approximate surface area is 246 Å². The number of benzene rings is 1. The number of nitrogens with zero attached hydrogens (tertiary/aromatic N) is 4. The minimum absolute atomic E-state index is 0.0925. The Morgan fingerprint density at radius 1 is 1.07 bits per heavy atom. The zero-order valence-corrected chi connectivity index (χ0v) is 23.9. The lowest BCUT2D eigenvalue weighted by molar-refractivity contribution is -0.138. The third-order valence-corrected chi connectivity index (χ3v) is 6.94. The number of cyclic esters (lactones) is 1. The highest BCUT2D eigenvalue weighted by atomic mass is 16.6. The molecule has 2 aromatic rings. The van der Waals surface area contributed by atoms with Gasteiger partial charge >= 0.3 is 18.2 Å². The molecule has 0 radical (unpaired) electrons. The van der Waals surface area contributed by atoms with Crippen molar-refractivity contribution < 1.29 is 48.1 Å². The van der Waals surface area contributed by atoms with Crippen LogP contribution >= 0.6 is 0 Å². The standard InChI is InChI=1S/C28H33N5O10/c1-3-41-27(39)32-10-8-31(9-11-32)26(38)19(6-7-24(35)36)30-25(37)21-15-22(18-5-4-17(2)14-20(18)29-21)43-16-23(34)33-12-13-42-28(33)40/h4-5,14-15,19H,3,6-13,16H2,1-2H3,(H,30,37)(H,35,36). The van der Waals surface area contributed by atoms with E-state index in [-0.39, 0.29) is 70.2 Å². The van der Waals surface area contributed by atoms with E-state index in [1.165, 1.54) is 15.9 Å². The maximum absolute atomic E-state index is 13.4. The summed E-state index contributed by atoms with van der Waals surface area (Å²) in [5, 5.41) is 12.4. The lowest BCUT2D eigenvalue weighted by Gasteiger charge is -2.35. The summed E-state index contributed by atoms with van der Waals surface area (Å²) in [6, 6.07) is 5.38. The molecule has 5 amide bonds. The van der Waals surface area contributed by atoms with Gasteiger partial charge in [0.1, 0.15) is 24.1 Å². The molecule has 15 nitrogen and oxygen atoms in total. The van der Waals surface area contributed by atoms with Gasteiger partial charge in [0.2, 0.25) is 5.91 Å². The van der Waals surface area contributed by atoms with Crippen molar-refractivity contribution in [2.75, 3.05) is 52.5 Å². The highest BCUT2D eigenvalue weighted by molar-refractivity contribution is 6.00. The number of imide groups is 1. The number of carboxylic acids is 1. The number of rotatable bonds is 10. The molecule has 2 aliphatic rings. The predicted molar refractivity (Wildman–Crippen MR) is 148 cm³/mol. The van der Waals surface area contributed by atoms with Crippen molar-refractivity contribution in [1.29, 1.82) is 0 Å². The number of aryl methyl sites for hydroxylation is 1. The second-order valence-electron chi connectivity index (χ2n) is 9.94. The zero-order valence-electron chi connectivity index (χ0n) is 23.9. The van der Waals surface area contributed by atoms with Gasteiger partial charge in [-0.3, -0.25) is 19.2 Å². The Hall–Kier alpha value is -4.95. The van der Waals surface area contributed by atoms with Crippen LogP contribution in [0.2, 0.25) is 0 Å². The number of carbonyl (C=O) groups is 6. The first kappa shape index (κ1) is 31.0. The Bertz CT molecular complexity index is 1420. The van der Waals surface area contributed by atoms with Crippen LogP contribution in [-0.4, -0.2) is 119 Å². The quantitative estimate of drug-likeness (QED) is 0.399. The first-order valence-electron chi connectivity index (χ1n) is 13.8. The van der Waals surface area contributed by atoms with E-state index >= 15 is 0 Å². The minimum atomic E-state index is -1.18. The van der Waals surface area contributed by atoms with Crippen LogP contribution in [0.15, 0.2) is 24.3 Å². The Kier molecular flexibility index (Phi) is 9.95. The summed E-state index contributed by atoms with van der Waals surface area (Å²) < 4.78 is 15.5. The van der Waals surface area contributed by atoms with Gasteiger partial charge in [0.15, 0.2) is 6.61 Å². The lowest BCUT2D eigenvalue weighted by atomic mass is 10.1. The summed E-state index contributed by atoms with van der Waals surface area (Å²) in [7, 11) is 0. The van der Waals surface area contributed by atoms with E-state index in [0.717, 1.165) is 10.5 Å². The molecule has 15 heteroatoms. The fraction of sp³-hybridized carbons (Fsp3) is 0.464. The van der Waals surface area contributed by atoms with E-state index in [1.807, 2.05) is 6.92 Å². The van der Waals surface area contributed by atoms with E-state index in [1.54, 1.807) is 25.1 Å². The first-order chi connectivity index (χ1) is 20.6. The maximum Gasteiger partial charge on any atom is 0.416 e. The van der Waals surface area contributed by atoms with E-state index in [4.69, 9.17) is 14.2 Å². The van der Waals surface area contributed by atoms with Gasteiger partial charge in [-0.2, -0.15) is 0 Å². The lowest BCUT2D eigenvalue weighted by Crippen LogP contribution is -2.56. The summed E-state index contributed by atoms with van der Waals surface area (Å²) in [5.74, 6) is -2.85. The average molecular weight is 600 g/mol. The fourth-order valence-electron chi connectivity index (χ4n) is 4.68. The summed E-state index contributed by atoms with van der Waals surface area (Å²) in [4.78, 5) is 82.7. The first-order valence-corrected chi connectivity index (χ1v) is 13.8. The van der Waals surface area contributed by atoms with Gasteiger partial charge in [0.25, 0.3) is 11.8 Å². The molecule has 1 atom stereocenters. The van der Waals surface area contributed by atoms with Gasteiger partial charge < -0.3 is 34.4 Å². The summed E-state index contributed by atoms with van der Waals surface area (Å²) >= 11 is 0. The van der Waals surface area contributed by atoms with Crippen LogP contribution in [0, 0.1) is 6.92 Å². The highest BCUT2D eigenvalue weighted by Crippen LogP contribution is 2.27. The maximum atomic E-state index is 13.4. The van der Waals surface area contributed by atoms with E-state index in [0.29, 0.717) is 10.9 Å². The molecule has 1 unspecified atom stereocenters. The van der Waals surface area contributed by atoms with Gasteiger partial charge in [0.05, 0.1) is 18.7 Å². The van der Waals surface area contributed by atoms with Crippen LogP contribution in [-0.2, 0) is 23.9 Å². The molecule has 2 aliphatic heterocycles. The van der Waals surface area contributed by atoms with E-state index in [9.17, 15) is 33.9 Å². The zero-order chi connectivity index (χ0) is 31.1. The predicted octanol–water partition coefficient (Wildman–Crippen LogP) is 1.16. The molecule has 3 heterocycles.